The number of nitrogens with two attached hydrogens (primary N) is 1. The highest BCUT2D eigenvalue weighted by Crippen LogP contribution is 2.29. The number of rotatable bonds is 3. The van der Waals surface area contributed by atoms with Gasteiger partial charge in [-0.1, -0.05) is 19.9 Å². The van der Waals surface area contributed by atoms with Crippen LogP contribution in [-0.2, 0) is 19.0 Å². The fourth-order valence-corrected chi connectivity index (χ4v) is 2.01. The molecule has 0 aliphatic carbocycles. The van der Waals surface area contributed by atoms with Gasteiger partial charge in [-0.2, -0.15) is 18.3 Å². The normalized spacial score (nSPS) is 11.8. The summed E-state index contributed by atoms with van der Waals surface area (Å²) in [6.07, 6.45) is -3.30. The van der Waals surface area contributed by atoms with E-state index in [4.69, 9.17) is 5.73 Å². The van der Waals surface area contributed by atoms with E-state index in [2.05, 4.69) is 10.1 Å². The second kappa shape index (κ2) is 5.15. The molecule has 2 rings (SSSR count). The van der Waals surface area contributed by atoms with Crippen LogP contribution in [0.5, 0.6) is 0 Å². The Kier molecular flexibility index (Phi) is 3.69. The second-order valence-corrected chi connectivity index (χ2v) is 4.30. The van der Waals surface area contributed by atoms with Gasteiger partial charge in [-0.3, -0.25) is 0 Å². The van der Waals surface area contributed by atoms with E-state index < -0.39 is 11.9 Å². The first-order valence-electron chi connectivity index (χ1n) is 6.29. The lowest BCUT2D eigenvalue weighted by atomic mass is 10.2. The summed E-state index contributed by atoms with van der Waals surface area (Å²) in [5.74, 6) is 0.128. The van der Waals surface area contributed by atoms with Gasteiger partial charge in [0, 0.05) is 0 Å². The molecule has 0 radical (unpaired) electrons. The van der Waals surface area contributed by atoms with Crippen molar-refractivity contribution in [3.63, 3.8) is 0 Å². The van der Waals surface area contributed by atoms with Crippen molar-refractivity contribution in [1.29, 1.82) is 0 Å². The fourth-order valence-electron chi connectivity index (χ4n) is 2.01. The van der Waals surface area contributed by atoms with E-state index in [9.17, 15) is 13.2 Å². The summed E-state index contributed by atoms with van der Waals surface area (Å²) in [4.78, 5) is 3.63. The average Bonchev–Trinajstić information content (AvgIpc) is 2.74. The van der Waals surface area contributed by atoms with Crippen LogP contribution < -0.4 is 5.73 Å². The molecular formula is C13H15F3N4. The molecule has 0 aliphatic rings. The molecule has 7 heteroatoms. The Morgan fingerprint density at radius 2 is 1.90 bits per heavy atom. The average molecular weight is 284 g/mol. The largest absolute Gasteiger partial charge is 0.433 e. The second-order valence-electron chi connectivity index (χ2n) is 4.30. The van der Waals surface area contributed by atoms with Crippen molar-refractivity contribution >= 4 is 5.69 Å². The molecule has 0 amide bonds. The predicted octanol–water partition coefficient (Wildman–Crippen LogP) is 2.99. The Hall–Kier alpha value is -2.05. The number of alkyl halides is 3. The van der Waals surface area contributed by atoms with Crippen LogP contribution in [0.1, 0.15) is 30.9 Å². The molecule has 2 aromatic rings. The van der Waals surface area contributed by atoms with Gasteiger partial charge in [-0.05, 0) is 25.0 Å². The van der Waals surface area contributed by atoms with Gasteiger partial charge in [0.2, 0.25) is 0 Å². The van der Waals surface area contributed by atoms with Crippen molar-refractivity contribution in [2.75, 3.05) is 5.73 Å². The van der Waals surface area contributed by atoms with E-state index in [1.54, 1.807) is 0 Å². The maximum absolute atomic E-state index is 12.7. The van der Waals surface area contributed by atoms with Crippen LogP contribution in [0.2, 0.25) is 0 Å². The molecule has 0 aliphatic heterocycles. The van der Waals surface area contributed by atoms with E-state index in [1.165, 1.54) is 16.8 Å². The monoisotopic (exact) mass is 284 g/mol. The third-order valence-electron chi connectivity index (χ3n) is 3.01. The van der Waals surface area contributed by atoms with Crippen LogP contribution in [0.4, 0.5) is 18.9 Å². The maximum atomic E-state index is 12.7. The van der Waals surface area contributed by atoms with Gasteiger partial charge in [0.25, 0.3) is 0 Å². The molecule has 20 heavy (non-hydrogen) atoms. The molecule has 0 unspecified atom stereocenters. The minimum Gasteiger partial charge on any atom is -0.396 e. The van der Waals surface area contributed by atoms with Crippen molar-refractivity contribution in [2.45, 2.75) is 32.9 Å². The smallest absolute Gasteiger partial charge is 0.396 e. The fraction of sp³-hybridized carbons (Fsp3) is 0.385. The highest BCUT2D eigenvalue weighted by Gasteiger charge is 2.32. The number of hydrogen-bond donors (Lipinski definition) is 1. The lowest BCUT2D eigenvalue weighted by Crippen LogP contribution is -2.12. The third kappa shape index (κ3) is 2.48. The van der Waals surface area contributed by atoms with Crippen LogP contribution in [-0.4, -0.2) is 14.8 Å². The summed E-state index contributed by atoms with van der Waals surface area (Å²) >= 11 is 0. The third-order valence-corrected chi connectivity index (χ3v) is 3.01. The molecule has 0 aromatic carbocycles. The maximum Gasteiger partial charge on any atom is 0.433 e. The van der Waals surface area contributed by atoms with Crippen molar-refractivity contribution in [1.82, 2.24) is 14.8 Å². The van der Waals surface area contributed by atoms with Crippen LogP contribution >= 0.6 is 0 Å². The molecule has 0 atom stereocenters. The van der Waals surface area contributed by atoms with E-state index >= 15 is 0 Å². The first-order valence-corrected chi connectivity index (χ1v) is 6.29. The summed E-state index contributed by atoms with van der Waals surface area (Å²) in [6, 6.07) is 3.73. The Balaban J connectivity index is 2.57. The Morgan fingerprint density at radius 3 is 2.45 bits per heavy atom. The van der Waals surface area contributed by atoms with E-state index in [1.807, 2.05) is 13.8 Å². The van der Waals surface area contributed by atoms with Gasteiger partial charge in [-0.25, -0.2) is 9.67 Å². The Labute approximate surface area is 114 Å². The molecule has 0 bridgehead atoms. The number of halogens is 3. The molecule has 0 fully saturated rings. The van der Waals surface area contributed by atoms with Crippen molar-refractivity contribution in [3.8, 4) is 5.82 Å². The van der Waals surface area contributed by atoms with Crippen LogP contribution in [0.15, 0.2) is 18.2 Å². The Morgan fingerprint density at radius 1 is 1.20 bits per heavy atom. The van der Waals surface area contributed by atoms with Crippen LogP contribution in [0.25, 0.3) is 5.82 Å². The standard InChI is InChI=1S/C13H15F3N4/c1-3-8-12(17)9(4-2)20(19-8)11-7-5-6-10(18-11)13(14,15)16/h5-7H,3-4,17H2,1-2H3. The number of pyridine rings is 1. The van der Waals surface area contributed by atoms with Gasteiger partial charge in [0.05, 0.1) is 17.1 Å². The van der Waals surface area contributed by atoms with Crippen molar-refractivity contribution < 1.29 is 13.2 Å². The molecule has 108 valence electrons. The lowest BCUT2D eigenvalue weighted by molar-refractivity contribution is -0.141. The first kappa shape index (κ1) is 14.4. The summed E-state index contributed by atoms with van der Waals surface area (Å²) in [7, 11) is 0. The lowest BCUT2D eigenvalue weighted by Gasteiger charge is -2.09. The molecule has 2 heterocycles. The zero-order chi connectivity index (χ0) is 14.9. The number of aryl methyl sites for hydroxylation is 1. The Bertz CT molecular complexity index is 617. The number of hydrogen-bond acceptors (Lipinski definition) is 3. The summed E-state index contributed by atoms with van der Waals surface area (Å²) < 4.78 is 39.5. The number of aromatic nitrogens is 3. The van der Waals surface area contributed by atoms with Gasteiger partial charge in [-0.15, -0.1) is 0 Å². The number of nitrogens with zero attached hydrogens (tertiary/aromatic N) is 3. The minimum atomic E-state index is -4.48. The van der Waals surface area contributed by atoms with Gasteiger partial charge in [0.1, 0.15) is 5.69 Å². The predicted molar refractivity (Wildman–Crippen MR) is 69.5 cm³/mol. The molecule has 0 spiro atoms. The van der Waals surface area contributed by atoms with Gasteiger partial charge >= 0.3 is 6.18 Å². The molecule has 0 saturated carbocycles. The van der Waals surface area contributed by atoms with E-state index in [-0.39, 0.29) is 5.82 Å². The summed E-state index contributed by atoms with van der Waals surface area (Å²) in [5, 5.41) is 4.25. The highest BCUT2D eigenvalue weighted by atomic mass is 19.4. The summed E-state index contributed by atoms with van der Waals surface area (Å²) in [6.45, 7) is 3.76. The van der Waals surface area contributed by atoms with Crippen molar-refractivity contribution in [3.05, 3.63) is 35.3 Å². The quantitative estimate of drug-likeness (QED) is 0.942. The SMILES string of the molecule is CCc1nn(-c2cccc(C(F)(F)F)n2)c(CC)c1N. The van der Waals surface area contributed by atoms with Crippen molar-refractivity contribution in [2.24, 2.45) is 0 Å². The molecular weight excluding hydrogens is 269 g/mol. The number of nitrogen functional groups attached to an aromatic ring is 1. The molecule has 2 N–H and O–H groups in total. The van der Waals surface area contributed by atoms with Gasteiger partial charge in [0.15, 0.2) is 5.82 Å². The summed E-state index contributed by atoms with van der Waals surface area (Å²) in [5.41, 5.74) is 6.88. The highest BCUT2D eigenvalue weighted by molar-refractivity contribution is 5.51. The topological polar surface area (TPSA) is 56.7 Å². The first-order chi connectivity index (χ1) is 9.38. The molecule has 0 saturated heterocycles. The van der Waals surface area contributed by atoms with E-state index in [0.29, 0.717) is 29.9 Å². The van der Waals surface area contributed by atoms with Gasteiger partial charge < -0.3 is 5.73 Å². The van der Waals surface area contributed by atoms with E-state index in [0.717, 1.165) is 6.07 Å². The van der Waals surface area contributed by atoms with Crippen LogP contribution in [0, 0.1) is 0 Å². The molecule has 2 aromatic heterocycles. The minimum absolute atomic E-state index is 0.128. The zero-order valence-corrected chi connectivity index (χ0v) is 11.2. The zero-order valence-electron chi connectivity index (χ0n) is 11.2. The molecule has 4 nitrogen and oxygen atoms in total. The van der Waals surface area contributed by atoms with Crippen LogP contribution in [0.3, 0.4) is 0 Å². The number of anilines is 1.